The molecule has 40 heavy (non-hydrogen) atoms. The maximum absolute atomic E-state index is 14.2. The van der Waals surface area contributed by atoms with Gasteiger partial charge in [-0.3, -0.25) is 24.5 Å². The third-order valence-corrected chi connectivity index (χ3v) is 8.44. The Morgan fingerprint density at radius 3 is 2.58 bits per heavy atom. The predicted molar refractivity (Wildman–Crippen MR) is 153 cm³/mol. The molecule has 6 rings (SSSR count). The Morgan fingerprint density at radius 1 is 1.02 bits per heavy atom. The van der Waals surface area contributed by atoms with Crippen molar-refractivity contribution in [2.45, 2.75) is 44.6 Å². The van der Waals surface area contributed by atoms with Crippen LogP contribution in [0.3, 0.4) is 0 Å². The summed E-state index contributed by atoms with van der Waals surface area (Å²) in [5.41, 5.74) is 4.09. The van der Waals surface area contributed by atoms with E-state index in [1.807, 2.05) is 49.4 Å². The summed E-state index contributed by atoms with van der Waals surface area (Å²) in [5.74, 6) is 0.987. The van der Waals surface area contributed by atoms with Crippen LogP contribution in [-0.2, 0) is 19.1 Å². The number of fused-ring (bicyclic) bond motifs is 1. The van der Waals surface area contributed by atoms with Gasteiger partial charge in [0, 0.05) is 50.6 Å². The zero-order valence-electron chi connectivity index (χ0n) is 23.0. The van der Waals surface area contributed by atoms with Crippen LogP contribution in [0.5, 0.6) is 0 Å². The molecule has 1 N–H and O–H groups in total. The van der Waals surface area contributed by atoms with Gasteiger partial charge in [-0.2, -0.15) is 0 Å². The average molecular weight is 541 g/mol. The van der Waals surface area contributed by atoms with Gasteiger partial charge in [-0.1, -0.05) is 29.8 Å². The number of carbonyl (C=O) groups is 2. The van der Waals surface area contributed by atoms with E-state index in [1.54, 1.807) is 12.4 Å². The van der Waals surface area contributed by atoms with Gasteiger partial charge in [0.1, 0.15) is 5.76 Å². The van der Waals surface area contributed by atoms with Gasteiger partial charge in [0.2, 0.25) is 11.7 Å². The van der Waals surface area contributed by atoms with Crippen molar-refractivity contribution in [2.24, 2.45) is 5.92 Å². The molecule has 3 heterocycles. The molecule has 0 bridgehead atoms. The van der Waals surface area contributed by atoms with Crippen LogP contribution in [0, 0.1) is 12.8 Å². The molecule has 0 atom stereocenters. The summed E-state index contributed by atoms with van der Waals surface area (Å²) < 4.78 is 12.1. The van der Waals surface area contributed by atoms with Crippen LogP contribution in [-0.4, -0.2) is 71.6 Å². The van der Waals surface area contributed by atoms with Gasteiger partial charge in [-0.25, -0.2) is 0 Å². The first-order valence-electron chi connectivity index (χ1n) is 14.3. The highest BCUT2D eigenvalue weighted by molar-refractivity contribution is 6.33. The van der Waals surface area contributed by atoms with E-state index in [-0.39, 0.29) is 17.6 Å². The largest absolute Gasteiger partial charge is 0.478 e. The van der Waals surface area contributed by atoms with Crippen molar-refractivity contribution < 1.29 is 19.1 Å². The Labute approximate surface area is 234 Å². The highest BCUT2D eigenvalue weighted by Gasteiger charge is 2.51. The molecule has 3 aromatic rings. The standard InChI is InChI=1S/C32H36N4O4/c1-22-3-2-4-24(19-22)29-30(25-5-6-26-27(21-25)34-12-11-33-26)40-32(31(29)38)9-7-23(8-10-32)20-28(37)35-13-14-36-15-17-39-18-16-36/h2-6,11-12,19,21,23H,7-10,13-18,20H2,1H3,(H,35,37). The van der Waals surface area contributed by atoms with E-state index in [0.29, 0.717) is 37.1 Å². The van der Waals surface area contributed by atoms with Gasteiger partial charge in [-0.15, -0.1) is 0 Å². The summed E-state index contributed by atoms with van der Waals surface area (Å²) in [4.78, 5) is 38.0. The molecular weight excluding hydrogens is 504 g/mol. The molecule has 3 aliphatic rings. The average Bonchev–Trinajstić information content (AvgIpc) is 3.26. The molecule has 208 valence electrons. The number of amides is 1. The number of ether oxygens (including phenoxy) is 2. The molecule has 2 fully saturated rings. The first kappa shape index (κ1) is 26.6. The fraction of sp³-hybridized carbons (Fsp3) is 0.438. The molecule has 8 nitrogen and oxygen atoms in total. The molecule has 2 aromatic carbocycles. The lowest BCUT2D eigenvalue weighted by molar-refractivity contribution is -0.132. The second-order valence-corrected chi connectivity index (χ2v) is 11.2. The highest BCUT2D eigenvalue weighted by Crippen LogP contribution is 2.49. The van der Waals surface area contributed by atoms with E-state index in [1.165, 1.54) is 0 Å². The summed E-state index contributed by atoms with van der Waals surface area (Å²) in [6.07, 6.45) is 6.59. The van der Waals surface area contributed by atoms with E-state index in [9.17, 15) is 9.59 Å². The molecule has 1 amide bonds. The summed E-state index contributed by atoms with van der Waals surface area (Å²) in [7, 11) is 0. The quantitative estimate of drug-likeness (QED) is 0.481. The minimum atomic E-state index is -0.894. The van der Waals surface area contributed by atoms with Crippen molar-refractivity contribution in [2.75, 3.05) is 39.4 Å². The third-order valence-electron chi connectivity index (χ3n) is 8.44. The van der Waals surface area contributed by atoms with E-state index >= 15 is 0 Å². The Kier molecular flexibility index (Phi) is 7.63. The van der Waals surface area contributed by atoms with Crippen LogP contribution in [0.15, 0.2) is 54.9 Å². The number of aryl methyl sites for hydroxylation is 1. The van der Waals surface area contributed by atoms with Crippen molar-refractivity contribution in [1.29, 1.82) is 0 Å². The van der Waals surface area contributed by atoms with Gasteiger partial charge in [0.25, 0.3) is 0 Å². The number of nitrogens with one attached hydrogen (secondary N) is 1. The van der Waals surface area contributed by atoms with Gasteiger partial charge in [0.05, 0.1) is 29.8 Å². The van der Waals surface area contributed by atoms with Gasteiger partial charge in [0.15, 0.2) is 5.60 Å². The number of aromatic nitrogens is 2. The van der Waals surface area contributed by atoms with E-state index in [2.05, 4.69) is 20.2 Å². The second-order valence-electron chi connectivity index (χ2n) is 11.2. The fourth-order valence-electron chi connectivity index (χ4n) is 6.18. The third kappa shape index (κ3) is 5.51. The first-order valence-corrected chi connectivity index (χ1v) is 14.3. The van der Waals surface area contributed by atoms with Crippen molar-refractivity contribution in [3.05, 3.63) is 71.5 Å². The van der Waals surface area contributed by atoms with Crippen molar-refractivity contribution in [1.82, 2.24) is 20.2 Å². The van der Waals surface area contributed by atoms with Crippen LogP contribution >= 0.6 is 0 Å². The first-order chi connectivity index (χ1) is 19.5. The summed E-state index contributed by atoms with van der Waals surface area (Å²) in [5, 5.41) is 3.09. The van der Waals surface area contributed by atoms with Crippen LogP contribution in [0.2, 0.25) is 0 Å². The monoisotopic (exact) mass is 540 g/mol. The van der Waals surface area contributed by atoms with E-state index < -0.39 is 5.60 Å². The van der Waals surface area contributed by atoms with Crippen molar-refractivity contribution in [3.63, 3.8) is 0 Å². The van der Waals surface area contributed by atoms with Gasteiger partial charge >= 0.3 is 0 Å². The zero-order chi connectivity index (χ0) is 27.5. The maximum atomic E-state index is 14.2. The molecule has 1 saturated heterocycles. The SMILES string of the molecule is Cc1cccc(C2=C(c3ccc4nccnc4c3)OC3(CCC(CC(=O)NCCN4CCOCC4)CC3)C2=O)c1. The Bertz CT molecular complexity index is 1440. The number of nitrogens with zero attached hydrogens (tertiary/aromatic N) is 3. The van der Waals surface area contributed by atoms with Gasteiger partial charge < -0.3 is 14.8 Å². The second kappa shape index (κ2) is 11.5. The molecule has 0 radical (unpaired) electrons. The molecule has 0 unspecified atom stereocenters. The number of ketones is 1. The molecule has 1 aliphatic carbocycles. The molecule has 2 aliphatic heterocycles. The molecular formula is C32H36N4O4. The van der Waals surface area contributed by atoms with Gasteiger partial charge in [-0.05, 0) is 62.3 Å². The Balaban J connectivity index is 1.16. The van der Waals surface area contributed by atoms with E-state index in [0.717, 1.165) is 73.4 Å². The molecule has 1 saturated carbocycles. The van der Waals surface area contributed by atoms with Crippen molar-refractivity contribution >= 4 is 34.1 Å². The van der Waals surface area contributed by atoms with Crippen LogP contribution < -0.4 is 5.32 Å². The van der Waals surface area contributed by atoms with Crippen molar-refractivity contribution in [3.8, 4) is 0 Å². The van der Waals surface area contributed by atoms with Crippen LogP contribution in [0.4, 0.5) is 0 Å². The number of Topliss-reactive ketones (excluding diaryl/α,β-unsaturated/α-hetero) is 1. The number of benzene rings is 2. The summed E-state index contributed by atoms with van der Waals surface area (Å²) in [6, 6.07) is 13.9. The molecule has 1 spiro atoms. The normalized spacial score (nSPS) is 23.5. The number of hydrogen-bond donors (Lipinski definition) is 1. The lowest BCUT2D eigenvalue weighted by atomic mass is 9.74. The highest BCUT2D eigenvalue weighted by atomic mass is 16.5. The minimum absolute atomic E-state index is 0.0424. The topological polar surface area (TPSA) is 93.7 Å². The Morgan fingerprint density at radius 2 is 1.80 bits per heavy atom. The predicted octanol–water partition coefficient (Wildman–Crippen LogP) is 4.17. The number of hydrogen-bond acceptors (Lipinski definition) is 7. The van der Waals surface area contributed by atoms with Crippen LogP contribution in [0.1, 0.15) is 48.8 Å². The Hall–Kier alpha value is -3.62. The number of rotatable bonds is 7. The number of morpholine rings is 1. The molecule has 1 aromatic heterocycles. The number of carbonyl (C=O) groups excluding carboxylic acids is 2. The van der Waals surface area contributed by atoms with E-state index in [4.69, 9.17) is 9.47 Å². The summed E-state index contributed by atoms with van der Waals surface area (Å²) >= 11 is 0. The zero-order valence-corrected chi connectivity index (χ0v) is 23.0. The van der Waals surface area contributed by atoms with Crippen LogP contribution in [0.25, 0.3) is 22.4 Å². The fourth-order valence-corrected chi connectivity index (χ4v) is 6.18. The summed E-state index contributed by atoms with van der Waals surface area (Å²) in [6.45, 7) is 6.89. The smallest absolute Gasteiger partial charge is 0.220 e. The minimum Gasteiger partial charge on any atom is -0.478 e. The molecule has 8 heteroatoms. The lowest BCUT2D eigenvalue weighted by Gasteiger charge is -2.36. The maximum Gasteiger partial charge on any atom is 0.220 e. The lowest BCUT2D eigenvalue weighted by Crippen LogP contribution is -2.43.